The molecule has 9 heteroatoms. The van der Waals surface area contributed by atoms with Gasteiger partial charge in [-0.05, 0) is 59.5 Å². The van der Waals surface area contributed by atoms with E-state index in [4.69, 9.17) is 4.74 Å². The molecule has 1 aromatic carbocycles. The number of phenolic OH excluding ortho intramolecular Hbond substituents is 1. The molecule has 5 nitrogen and oxygen atoms in total. The van der Waals surface area contributed by atoms with Crippen LogP contribution in [0.2, 0.25) is 0 Å². The number of aromatic hydroxyl groups is 1. The van der Waals surface area contributed by atoms with Crippen molar-refractivity contribution in [1.82, 2.24) is 0 Å². The molecule has 0 atom stereocenters. The summed E-state index contributed by atoms with van der Waals surface area (Å²) in [6.45, 7) is 7.71. The van der Waals surface area contributed by atoms with Crippen LogP contribution in [-0.2, 0) is 0 Å². The molecule has 0 aromatic heterocycles. The van der Waals surface area contributed by atoms with Crippen molar-refractivity contribution in [2.24, 2.45) is 0 Å². The number of nitro benzene ring substituents is 1. The first-order chi connectivity index (χ1) is 13.6. The minimum atomic E-state index is -1.97. The molecule has 161 valence electrons. The summed E-state index contributed by atoms with van der Waals surface area (Å²) in [5.74, 6) is -8.33. The van der Waals surface area contributed by atoms with Gasteiger partial charge in [-0.15, -0.1) is 0 Å². The van der Waals surface area contributed by atoms with Gasteiger partial charge < -0.3 is 9.84 Å². The van der Waals surface area contributed by atoms with Crippen molar-refractivity contribution in [3.63, 3.8) is 0 Å². The quantitative estimate of drug-likeness (QED) is 0.157. The average Bonchev–Trinajstić information content (AvgIpc) is 2.62. The molecule has 0 bridgehead atoms. The van der Waals surface area contributed by atoms with E-state index in [1.807, 2.05) is 6.92 Å². The summed E-state index contributed by atoms with van der Waals surface area (Å²) >= 11 is 0. The Balaban J connectivity index is 0.00000841. The smallest absolute Gasteiger partial charge is 0.352 e. The van der Waals surface area contributed by atoms with Crippen LogP contribution in [0.25, 0.3) is 0 Å². The number of nitrogens with zero attached hydrogens (tertiary/aromatic N) is 1. The van der Waals surface area contributed by atoms with Crippen LogP contribution < -0.4 is 4.74 Å². The summed E-state index contributed by atoms with van der Waals surface area (Å²) in [6.07, 6.45) is 9.33. The van der Waals surface area contributed by atoms with E-state index < -0.39 is 39.6 Å². The van der Waals surface area contributed by atoms with E-state index in [9.17, 15) is 28.4 Å². The topological polar surface area (TPSA) is 72.6 Å². The monoisotopic (exact) mass is 436 g/mol. The predicted molar refractivity (Wildman–Crippen MR) is 111 cm³/mol. The zero-order valence-electron chi connectivity index (χ0n) is 18.0. The Morgan fingerprint density at radius 1 is 0.967 bits per heavy atom. The van der Waals surface area contributed by atoms with Gasteiger partial charge in [-0.3, -0.25) is 10.1 Å². The zero-order chi connectivity index (χ0) is 22.1. The summed E-state index contributed by atoms with van der Waals surface area (Å²) in [5.41, 5.74) is 1.79. The Hall–Kier alpha value is -1.77. The Morgan fingerprint density at radius 2 is 1.50 bits per heavy atom. The van der Waals surface area contributed by atoms with Crippen molar-refractivity contribution >= 4 is 35.2 Å². The SMILES string of the molecule is CC(C)=CCC/C(C)=C/CC/C(C)=C/COc1c(F)c(O)c([N+](=O)[O-])c(F)c1F.[Na]. The van der Waals surface area contributed by atoms with Crippen molar-refractivity contribution in [3.05, 3.63) is 62.5 Å². The molecule has 0 unspecified atom stereocenters. The van der Waals surface area contributed by atoms with E-state index >= 15 is 0 Å². The standard InChI is InChI=1S/C21H26F3NO4.Na/c1-13(2)7-5-8-14(3)9-6-10-15(4)11-12-29-21-17(23)16(22)19(25(27)28)20(26)18(21)24;/h7,9,11,26H,5-6,8,10,12H2,1-4H3;/b14-9+,15-11+;. The maximum absolute atomic E-state index is 13.9. The van der Waals surface area contributed by atoms with E-state index in [1.54, 1.807) is 6.08 Å². The van der Waals surface area contributed by atoms with Crippen LogP contribution in [0.3, 0.4) is 0 Å². The average molecular weight is 436 g/mol. The third-order valence-corrected chi connectivity index (χ3v) is 4.20. The van der Waals surface area contributed by atoms with E-state index in [1.165, 1.54) is 11.1 Å². The van der Waals surface area contributed by atoms with Gasteiger partial charge in [0.05, 0.1) is 4.92 Å². The van der Waals surface area contributed by atoms with Crippen LogP contribution in [0.15, 0.2) is 34.9 Å². The molecule has 0 aliphatic heterocycles. The number of ether oxygens (including phenoxy) is 1. The Labute approximate surface area is 196 Å². The van der Waals surface area contributed by atoms with Gasteiger partial charge in [0.1, 0.15) is 6.61 Å². The van der Waals surface area contributed by atoms with Gasteiger partial charge in [0, 0.05) is 29.6 Å². The number of rotatable bonds is 10. The van der Waals surface area contributed by atoms with Crippen LogP contribution in [0.5, 0.6) is 11.5 Å². The number of benzene rings is 1. The Kier molecular flexibility index (Phi) is 12.7. The van der Waals surface area contributed by atoms with Gasteiger partial charge in [-0.1, -0.05) is 28.9 Å². The fraction of sp³-hybridized carbons (Fsp3) is 0.429. The maximum Gasteiger partial charge on any atom is 0.352 e. The number of halogens is 3. The Morgan fingerprint density at radius 3 is 2.03 bits per heavy atom. The van der Waals surface area contributed by atoms with Crippen molar-refractivity contribution in [3.8, 4) is 11.5 Å². The zero-order valence-corrected chi connectivity index (χ0v) is 20.0. The van der Waals surface area contributed by atoms with Gasteiger partial charge >= 0.3 is 5.69 Å². The largest absolute Gasteiger partial charge is 0.500 e. The summed E-state index contributed by atoms with van der Waals surface area (Å²) in [6, 6.07) is 0. The molecule has 0 saturated carbocycles. The number of hydrogen-bond acceptors (Lipinski definition) is 4. The molecule has 0 heterocycles. The third-order valence-electron chi connectivity index (χ3n) is 4.20. The number of nitro groups is 1. The molecular weight excluding hydrogens is 410 g/mol. The molecule has 1 radical (unpaired) electrons. The number of allylic oxidation sites excluding steroid dienone is 5. The minimum absolute atomic E-state index is 0. The maximum atomic E-state index is 13.9. The van der Waals surface area contributed by atoms with Crippen LogP contribution in [0.4, 0.5) is 18.9 Å². The molecule has 1 N–H and O–H groups in total. The number of phenols is 1. The fourth-order valence-electron chi connectivity index (χ4n) is 2.51. The van der Waals surface area contributed by atoms with Crippen molar-refractivity contribution in [2.45, 2.75) is 53.4 Å². The van der Waals surface area contributed by atoms with Crippen molar-refractivity contribution < 1.29 is 27.9 Å². The molecule has 0 aliphatic carbocycles. The molecule has 0 saturated heterocycles. The summed E-state index contributed by atoms with van der Waals surface area (Å²) in [5, 5.41) is 20.0. The molecule has 0 spiro atoms. The summed E-state index contributed by atoms with van der Waals surface area (Å²) < 4.78 is 46.3. The van der Waals surface area contributed by atoms with Crippen LogP contribution in [0, 0.1) is 27.6 Å². The second kappa shape index (κ2) is 13.5. The second-order valence-electron chi connectivity index (χ2n) is 7.00. The Bertz CT molecular complexity index is 818. The summed E-state index contributed by atoms with van der Waals surface area (Å²) in [4.78, 5) is 9.21. The third kappa shape index (κ3) is 8.53. The molecular formula is C21H26F3NNaO4. The summed E-state index contributed by atoms with van der Waals surface area (Å²) in [7, 11) is 0. The van der Waals surface area contributed by atoms with Crippen molar-refractivity contribution in [1.29, 1.82) is 0 Å². The van der Waals surface area contributed by atoms with Crippen LogP contribution in [-0.4, -0.2) is 46.2 Å². The molecule has 1 rings (SSSR count). The van der Waals surface area contributed by atoms with Crippen molar-refractivity contribution in [2.75, 3.05) is 6.61 Å². The molecule has 1 aromatic rings. The fourth-order valence-corrected chi connectivity index (χ4v) is 2.51. The first-order valence-electron chi connectivity index (χ1n) is 9.17. The first kappa shape index (κ1) is 28.2. The first-order valence-corrected chi connectivity index (χ1v) is 9.17. The van der Waals surface area contributed by atoms with Gasteiger partial charge in [0.2, 0.25) is 23.2 Å². The van der Waals surface area contributed by atoms with E-state index in [0.29, 0.717) is 6.42 Å². The molecule has 0 aliphatic rings. The second-order valence-corrected chi connectivity index (χ2v) is 7.00. The normalized spacial score (nSPS) is 11.7. The van der Waals surface area contributed by atoms with Crippen LogP contribution in [0.1, 0.15) is 53.4 Å². The van der Waals surface area contributed by atoms with E-state index in [-0.39, 0.29) is 36.2 Å². The molecule has 0 amide bonds. The number of hydrogen-bond donors (Lipinski definition) is 1. The van der Waals surface area contributed by atoms with Crippen LogP contribution >= 0.6 is 0 Å². The molecule has 0 fully saturated rings. The minimum Gasteiger partial charge on any atom is -0.500 e. The van der Waals surface area contributed by atoms with E-state index in [0.717, 1.165) is 24.8 Å². The van der Waals surface area contributed by atoms with Gasteiger partial charge in [0.25, 0.3) is 0 Å². The molecule has 30 heavy (non-hydrogen) atoms. The van der Waals surface area contributed by atoms with E-state index in [2.05, 4.69) is 32.9 Å². The predicted octanol–water partition coefficient (Wildman–Crippen LogP) is 6.13. The van der Waals surface area contributed by atoms with Gasteiger partial charge in [-0.2, -0.15) is 13.2 Å². The van der Waals surface area contributed by atoms with Gasteiger partial charge in [0.15, 0.2) is 5.75 Å². The van der Waals surface area contributed by atoms with Gasteiger partial charge in [-0.25, -0.2) is 0 Å².